The summed E-state index contributed by atoms with van der Waals surface area (Å²) in [6.45, 7) is 2.44. The number of carbonyl (C=O) groups is 1. The molecular formula is C19H15Cl2F3N4OS. The zero-order chi connectivity index (χ0) is 21.9. The van der Waals surface area contributed by atoms with Gasteiger partial charge in [0.25, 0.3) is 0 Å². The van der Waals surface area contributed by atoms with Crippen molar-refractivity contribution in [3.05, 3.63) is 58.1 Å². The van der Waals surface area contributed by atoms with Crippen LogP contribution in [-0.4, -0.2) is 26.4 Å². The third-order valence-electron chi connectivity index (χ3n) is 4.03. The lowest BCUT2D eigenvalue weighted by Crippen LogP contribution is -2.18. The smallest absolute Gasteiger partial charge is 0.325 e. The van der Waals surface area contributed by atoms with E-state index in [2.05, 4.69) is 15.5 Å². The first-order valence-electron chi connectivity index (χ1n) is 8.67. The van der Waals surface area contributed by atoms with E-state index >= 15 is 0 Å². The first kappa shape index (κ1) is 22.5. The van der Waals surface area contributed by atoms with Crippen LogP contribution in [-0.2, 0) is 17.5 Å². The molecule has 0 aliphatic rings. The lowest BCUT2D eigenvalue weighted by Gasteiger charge is -2.14. The van der Waals surface area contributed by atoms with E-state index in [9.17, 15) is 18.0 Å². The molecule has 158 valence electrons. The Hall–Kier alpha value is -2.23. The highest BCUT2D eigenvalue weighted by Crippen LogP contribution is 2.36. The van der Waals surface area contributed by atoms with Crippen LogP contribution in [0, 0.1) is 0 Å². The van der Waals surface area contributed by atoms with E-state index in [4.69, 9.17) is 23.2 Å². The highest BCUT2D eigenvalue weighted by Gasteiger charge is 2.34. The molecule has 2 aromatic carbocycles. The minimum atomic E-state index is -4.64. The maximum absolute atomic E-state index is 13.2. The Morgan fingerprint density at radius 3 is 2.40 bits per heavy atom. The molecule has 0 bridgehead atoms. The van der Waals surface area contributed by atoms with E-state index in [-0.39, 0.29) is 16.5 Å². The van der Waals surface area contributed by atoms with Gasteiger partial charge in [0.1, 0.15) is 0 Å². The first-order chi connectivity index (χ1) is 14.2. The van der Waals surface area contributed by atoms with E-state index < -0.39 is 17.6 Å². The number of alkyl halides is 3. The SMILES string of the molecule is CCn1c(SCC(=O)Nc2ccc(Cl)cc2C(F)(F)F)nnc1-c1ccc(Cl)cc1. The van der Waals surface area contributed by atoms with Crippen LogP contribution in [0.1, 0.15) is 12.5 Å². The molecule has 30 heavy (non-hydrogen) atoms. The van der Waals surface area contributed by atoms with E-state index in [1.807, 2.05) is 11.5 Å². The van der Waals surface area contributed by atoms with Crippen molar-refractivity contribution in [3.63, 3.8) is 0 Å². The number of anilines is 1. The Morgan fingerprint density at radius 2 is 1.77 bits per heavy atom. The Morgan fingerprint density at radius 1 is 1.10 bits per heavy atom. The molecule has 5 nitrogen and oxygen atoms in total. The summed E-state index contributed by atoms with van der Waals surface area (Å²) in [5, 5.41) is 11.5. The molecule has 0 spiro atoms. The number of thioether (sulfide) groups is 1. The molecule has 0 aliphatic heterocycles. The molecule has 3 aromatic rings. The number of nitrogens with zero attached hydrogens (tertiary/aromatic N) is 3. The molecule has 0 fully saturated rings. The zero-order valence-corrected chi connectivity index (χ0v) is 17.8. The topological polar surface area (TPSA) is 59.8 Å². The fourth-order valence-electron chi connectivity index (χ4n) is 2.67. The number of aromatic nitrogens is 3. The summed E-state index contributed by atoms with van der Waals surface area (Å²) in [4.78, 5) is 12.3. The number of amides is 1. The van der Waals surface area contributed by atoms with Gasteiger partial charge in [0, 0.05) is 22.2 Å². The number of carbonyl (C=O) groups excluding carboxylic acids is 1. The number of hydrogen-bond acceptors (Lipinski definition) is 4. The number of benzene rings is 2. The van der Waals surface area contributed by atoms with E-state index in [1.54, 1.807) is 24.3 Å². The molecule has 1 amide bonds. The second kappa shape index (κ2) is 9.28. The van der Waals surface area contributed by atoms with Crippen LogP contribution in [0.4, 0.5) is 18.9 Å². The van der Waals surface area contributed by atoms with Gasteiger partial charge in [-0.25, -0.2) is 0 Å². The number of hydrogen-bond donors (Lipinski definition) is 1. The third-order valence-corrected chi connectivity index (χ3v) is 5.48. The number of rotatable bonds is 6. The maximum atomic E-state index is 13.2. The molecule has 0 saturated heterocycles. The third kappa shape index (κ3) is 5.27. The highest BCUT2D eigenvalue weighted by molar-refractivity contribution is 7.99. The average Bonchev–Trinajstić information content (AvgIpc) is 3.10. The molecule has 0 aliphatic carbocycles. The van der Waals surface area contributed by atoms with Crippen molar-refractivity contribution in [2.45, 2.75) is 24.8 Å². The van der Waals surface area contributed by atoms with Crippen LogP contribution in [0.2, 0.25) is 10.0 Å². The first-order valence-corrected chi connectivity index (χ1v) is 10.4. The second-order valence-electron chi connectivity index (χ2n) is 6.08. The van der Waals surface area contributed by atoms with Crippen LogP contribution in [0.3, 0.4) is 0 Å². The lowest BCUT2D eigenvalue weighted by atomic mass is 10.1. The van der Waals surface area contributed by atoms with Crippen molar-refractivity contribution in [2.24, 2.45) is 0 Å². The minimum absolute atomic E-state index is 0.0690. The summed E-state index contributed by atoms with van der Waals surface area (Å²) in [5.74, 6) is -0.140. The van der Waals surface area contributed by atoms with Crippen LogP contribution in [0.25, 0.3) is 11.4 Å². The summed E-state index contributed by atoms with van der Waals surface area (Å²) < 4.78 is 41.3. The van der Waals surface area contributed by atoms with Crippen molar-refractivity contribution in [1.82, 2.24) is 14.8 Å². The van der Waals surface area contributed by atoms with Crippen molar-refractivity contribution < 1.29 is 18.0 Å². The lowest BCUT2D eigenvalue weighted by molar-refractivity contribution is -0.137. The quantitative estimate of drug-likeness (QED) is 0.443. The van der Waals surface area contributed by atoms with Gasteiger partial charge >= 0.3 is 6.18 Å². The molecular weight excluding hydrogens is 460 g/mol. The van der Waals surface area contributed by atoms with Crippen molar-refractivity contribution in [3.8, 4) is 11.4 Å². The van der Waals surface area contributed by atoms with Gasteiger partial charge < -0.3 is 9.88 Å². The van der Waals surface area contributed by atoms with Gasteiger partial charge in [-0.15, -0.1) is 10.2 Å². The van der Waals surface area contributed by atoms with Crippen LogP contribution >= 0.6 is 35.0 Å². The van der Waals surface area contributed by atoms with Crippen molar-refractivity contribution in [1.29, 1.82) is 0 Å². The van der Waals surface area contributed by atoms with Gasteiger partial charge in [-0.2, -0.15) is 13.2 Å². The summed E-state index contributed by atoms with van der Waals surface area (Å²) in [7, 11) is 0. The Bertz CT molecular complexity index is 1050. The normalized spacial score (nSPS) is 11.5. The van der Waals surface area contributed by atoms with Gasteiger partial charge in [0.05, 0.1) is 17.0 Å². The van der Waals surface area contributed by atoms with Gasteiger partial charge in [-0.1, -0.05) is 35.0 Å². The number of halogens is 5. The largest absolute Gasteiger partial charge is 0.418 e. The van der Waals surface area contributed by atoms with Crippen LogP contribution in [0.5, 0.6) is 0 Å². The van der Waals surface area contributed by atoms with Crippen LogP contribution in [0.15, 0.2) is 47.6 Å². The Kier molecular flexibility index (Phi) is 6.95. The molecule has 1 aromatic heterocycles. The highest BCUT2D eigenvalue weighted by atomic mass is 35.5. The summed E-state index contributed by atoms with van der Waals surface area (Å²) in [5.41, 5.74) is -0.549. The fourth-order valence-corrected chi connectivity index (χ4v) is 3.77. The van der Waals surface area contributed by atoms with Gasteiger partial charge in [-0.3, -0.25) is 4.79 Å². The molecule has 0 unspecified atom stereocenters. The van der Waals surface area contributed by atoms with Gasteiger partial charge in [0.2, 0.25) is 5.91 Å². The molecule has 3 rings (SSSR count). The van der Waals surface area contributed by atoms with E-state index in [0.29, 0.717) is 22.5 Å². The molecule has 11 heteroatoms. The van der Waals surface area contributed by atoms with Gasteiger partial charge in [-0.05, 0) is 49.4 Å². The molecule has 0 atom stereocenters. The molecule has 1 heterocycles. The predicted molar refractivity (Wildman–Crippen MR) is 112 cm³/mol. The van der Waals surface area contributed by atoms with Crippen molar-refractivity contribution in [2.75, 3.05) is 11.1 Å². The van der Waals surface area contributed by atoms with Crippen LogP contribution < -0.4 is 5.32 Å². The molecule has 1 N–H and O–H groups in total. The Labute approximate surface area is 184 Å². The Balaban J connectivity index is 1.72. The maximum Gasteiger partial charge on any atom is 0.418 e. The average molecular weight is 475 g/mol. The summed E-state index contributed by atoms with van der Waals surface area (Å²) >= 11 is 12.6. The summed E-state index contributed by atoms with van der Waals surface area (Å²) in [6, 6.07) is 10.3. The minimum Gasteiger partial charge on any atom is -0.325 e. The number of nitrogens with one attached hydrogen (secondary N) is 1. The molecule has 0 saturated carbocycles. The second-order valence-corrected chi connectivity index (χ2v) is 7.90. The van der Waals surface area contributed by atoms with E-state index in [1.165, 1.54) is 6.07 Å². The standard InChI is InChI=1S/C19H15Cl2F3N4OS/c1-2-28-17(11-3-5-12(20)6-4-11)26-27-18(28)30-10-16(29)25-15-8-7-13(21)9-14(15)19(22,23)24/h3-9H,2,10H2,1H3,(H,25,29). The fraction of sp³-hybridized carbons (Fsp3) is 0.211. The summed E-state index contributed by atoms with van der Waals surface area (Å²) in [6.07, 6.45) is -4.64. The van der Waals surface area contributed by atoms with E-state index in [0.717, 1.165) is 29.5 Å². The molecule has 0 radical (unpaired) electrons. The van der Waals surface area contributed by atoms with Gasteiger partial charge in [0.15, 0.2) is 11.0 Å². The van der Waals surface area contributed by atoms with Crippen molar-refractivity contribution >= 4 is 46.6 Å². The predicted octanol–water partition coefficient (Wildman–Crippen LogP) is 6.02. The monoisotopic (exact) mass is 474 g/mol. The zero-order valence-electron chi connectivity index (χ0n) is 15.5.